The number of carboxylic acid groups (broad SMARTS) is 1. The van der Waals surface area contributed by atoms with E-state index in [9.17, 15) is 23.8 Å². The Labute approximate surface area is 202 Å². The van der Waals surface area contributed by atoms with Gasteiger partial charge in [-0.25, -0.2) is 4.57 Å². The Morgan fingerprint density at radius 1 is 0.853 bits per heavy atom. The van der Waals surface area contributed by atoms with Crippen molar-refractivity contribution in [1.82, 2.24) is 0 Å². The van der Waals surface area contributed by atoms with Crippen molar-refractivity contribution in [3.8, 4) is 0 Å². The van der Waals surface area contributed by atoms with Crippen LogP contribution in [0.3, 0.4) is 0 Å². The van der Waals surface area contributed by atoms with Crippen LogP contribution in [0.5, 0.6) is 0 Å². The standard InChI is InChI=1S/C22H42NO10P/c1-3-4-5-6-7-8-9-10-11-12-13-14-21(25)30-15-19(33-18(2)24)16-31-34(28,29)32-17-20(23)22(26)27/h19-20H,3-17,23H2,1-2H3,(H,26,27)(H,28,29)/t19-,20+/m1/s1. The van der Waals surface area contributed by atoms with E-state index in [2.05, 4.69) is 11.4 Å². The number of phosphoric ester groups is 1. The number of hydrogen-bond acceptors (Lipinski definition) is 9. The van der Waals surface area contributed by atoms with Gasteiger partial charge in [-0.15, -0.1) is 0 Å². The van der Waals surface area contributed by atoms with Crippen LogP contribution in [0.15, 0.2) is 0 Å². The van der Waals surface area contributed by atoms with Crippen molar-refractivity contribution in [3.05, 3.63) is 0 Å². The molecular weight excluding hydrogens is 469 g/mol. The molecule has 0 heterocycles. The Morgan fingerprint density at radius 3 is 1.85 bits per heavy atom. The van der Waals surface area contributed by atoms with Gasteiger partial charge in [0.25, 0.3) is 0 Å². The zero-order valence-electron chi connectivity index (χ0n) is 20.4. The van der Waals surface area contributed by atoms with E-state index in [-0.39, 0.29) is 13.0 Å². The van der Waals surface area contributed by atoms with E-state index in [4.69, 9.17) is 24.8 Å². The Bertz CT molecular complexity index is 631. The molecule has 0 aliphatic rings. The molecule has 0 radical (unpaired) electrons. The summed E-state index contributed by atoms with van der Waals surface area (Å²) in [5.74, 6) is -2.58. The molecule has 0 saturated carbocycles. The highest BCUT2D eigenvalue weighted by Gasteiger charge is 2.27. The molecule has 0 spiro atoms. The van der Waals surface area contributed by atoms with Gasteiger partial charge in [-0.3, -0.25) is 23.4 Å². The second kappa shape index (κ2) is 19.8. The van der Waals surface area contributed by atoms with Crippen LogP contribution >= 0.6 is 7.82 Å². The van der Waals surface area contributed by atoms with Crippen molar-refractivity contribution in [2.75, 3.05) is 19.8 Å². The van der Waals surface area contributed by atoms with Crippen molar-refractivity contribution in [2.45, 2.75) is 103 Å². The molecule has 3 atom stereocenters. The van der Waals surface area contributed by atoms with Crippen LogP contribution in [0.25, 0.3) is 0 Å². The molecule has 4 N–H and O–H groups in total. The third kappa shape index (κ3) is 19.9. The molecule has 0 aromatic heterocycles. The molecule has 0 aromatic rings. The maximum Gasteiger partial charge on any atom is 0.472 e. The predicted molar refractivity (Wildman–Crippen MR) is 125 cm³/mol. The lowest BCUT2D eigenvalue weighted by Gasteiger charge is -2.19. The Morgan fingerprint density at radius 2 is 1.35 bits per heavy atom. The minimum Gasteiger partial charge on any atom is -0.480 e. The Balaban J connectivity index is 4.07. The number of phosphoric acid groups is 1. The summed E-state index contributed by atoms with van der Waals surface area (Å²) in [5, 5.41) is 8.65. The number of ether oxygens (including phenoxy) is 2. The fourth-order valence-corrected chi connectivity index (χ4v) is 3.78. The van der Waals surface area contributed by atoms with E-state index >= 15 is 0 Å². The van der Waals surface area contributed by atoms with E-state index in [1.54, 1.807) is 0 Å². The number of rotatable bonds is 22. The number of hydrogen-bond donors (Lipinski definition) is 3. The largest absolute Gasteiger partial charge is 0.480 e. The van der Waals surface area contributed by atoms with Crippen LogP contribution in [-0.4, -0.2) is 59.9 Å². The Hall–Kier alpha value is -1.52. The fourth-order valence-electron chi connectivity index (χ4n) is 3.00. The minimum absolute atomic E-state index is 0.222. The van der Waals surface area contributed by atoms with Crippen LogP contribution in [0.1, 0.15) is 90.9 Å². The number of nitrogens with two attached hydrogens (primary N) is 1. The third-order valence-electron chi connectivity index (χ3n) is 4.91. The second-order valence-electron chi connectivity index (χ2n) is 8.20. The van der Waals surface area contributed by atoms with E-state index in [0.29, 0.717) is 6.42 Å². The first-order chi connectivity index (χ1) is 16.1. The summed E-state index contributed by atoms with van der Waals surface area (Å²) in [6, 6.07) is -1.51. The molecule has 200 valence electrons. The molecule has 0 aliphatic carbocycles. The van der Waals surface area contributed by atoms with Gasteiger partial charge in [-0.1, -0.05) is 71.1 Å². The van der Waals surface area contributed by atoms with Crippen molar-refractivity contribution in [1.29, 1.82) is 0 Å². The first kappa shape index (κ1) is 32.5. The van der Waals surface area contributed by atoms with Gasteiger partial charge in [-0.05, 0) is 6.42 Å². The molecule has 0 aromatic carbocycles. The van der Waals surface area contributed by atoms with Crippen LogP contribution in [-0.2, 0) is 37.5 Å². The number of carbonyl (C=O) groups excluding carboxylic acids is 2. The van der Waals surface area contributed by atoms with Gasteiger partial charge in [0, 0.05) is 13.3 Å². The van der Waals surface area contributed by atoms with Gasteiger partial charge in [0.15, 0.2) is 6.10 Å². The van der Waals surface area contributed by atoms with Crippen LogP contribution in [0.4, 0.5) is 0 Å². The molecule has 1 unspecified atom stereocenters. The first-order valence-electron chi connectivity index (χ1n) is 12.0. The highest BCUT2D eigenvalue weighted by molar-refractivity contribution is 7.47. The second-order valence-corrected chi connectivity index (χ2v) is 9.66. The molecule has 0 rings (SSSR count). The number of unbranched alkanes of at least 4 members (excludes halogenated alkanes) is 10. The van der Waals surface area contributed by atoms with Crippen molar-refractivity contribution < 1.29 is 47.5 Å². The monoisotopic (exact) mass is 511 g/mol. The summed E-state index contributed by atoms with van der Waals surface area (Å²) in [7, 11) is -4.65. The molecule has 0 bridgehead atoms. The Kier molecular flexibility index (Phi) is 18.9. The van der Waals surface area contributed by atoms with Crippen LogP contribution < -0.4 is 5.73 Å². The first-order valence-corrected chi connectivity index (χ1v) is 13.5. The van der Waals surface area contributed by atoms with E-state index in [0.717, 1.165) is 26.2 Å². The van der Waals surface area contributed by atoms with Gasteiger partial charge in [0.1, 0.15) is 12.6 Å². The average Bonchev–Trinajstić information content (AvgIpc) is 2.77. The lowest BCUT2D eigenvalue weighted by atomic mass is 10.1. The SMILES string of the molecule is CCCCCCCCCCCCCC(=O)OC[C@H](COP(=O)(O)OC[C@H](N)C(=O)O)OC(C)=O. The molecule has 11 nitrogen and oxygen atoms in total. The van der Waals surface area contributed by atoms with Gasteiger partial charge in [0.05, 0.1) is 13.2 Å². The summed E-state index contributed by atoms with van der Waals surface area (Å²) >= 11 is 0. The highest BCUT2D eigenvalue weighted by atomic mass is 31.2. The smallest absolute Gasteiger partial charge is 0.472 e. The maximum atomic E-state index is 11.9. The van der Waals surface area contributed by atoms with Crippen LogP contribution in [0.2, 0.25) is 0 Å². The van der Waals surface area contributed by atoms with Gasteiger partial charge >= 0.3 is 25.7 Å². The third-order valence-corrected chi connectivity index (χ3v) is 5.86. The summed E-state index contributed by atoms with van der Waals surface area (Å²) < 4.78 is 31.0. The molecule has 0 saturated heterocycles. The lowest BCUT2D eigenvalue weighted by molar-refractivity contribution is -0.159. The molecule has 12 heteroatoms. The van der Waals surface area contributed by atoms with E-state index < -0.39 is 51.1 Å². The molecule has 0 amide bonds. The van der Waals surface area contributed by atoms with Gasteiger partial charge in [0.2, 0.25) is 0 Å². The summed E-state index contributed by atoms with van der Waals surface area (Å²) in [6.45, 7) is 1.63. The van der Waals surface area contributed by atoms with Gasteiger partial charge < -0.3 is 25.2 Å². The zero-order valence-corrected chi connectivity index (χ0v) is 21.3. The van der Waals surface area contributed by atoms with Crippen molar-refractivity contribution in [3.63, 3.8) is 0 Å². The minimum atomic E-state index is -4.65. The number of esters is 2. The maximum absolute atomic E-state index is 11.9. The van der Waals surface area contributed by atoms with Gasteiger partial charge in [-0.2, -0.15) is 0 Å². The van der Waals surface area contributed by atoms with Crippen molar-refractivity contribution in [2.24, 2.45) is 5.73 Å². The summed E-state index contributed by atoms with van der Waals surface area (Å²) in [6.07, 6.45) is 11.8. The topological polar surface area (TPSA) is 172 Å². The van der Waals surface area contributed by atoms with E-state index in [1.807, 2.05) is 0 Å². The summed E-state index contributed by atoms with van der Waals surface area (Å²) in [5.41, 5.74) is 5.19. The molecule has 0 aliphatic heterocycles. The van der Waals surface area contributed by atoms with E-state index in [1.165, 1.54) is 44.9 Å². The fraction of sp³-hybridized carbons (Fsp3) is 0.864. The number of carboxylic acids is 1. The molecular formula is C22H42NO10P. The molecule has 0 fully saturated rings. The number of aliphatic carboxylic acids is 1. The number of carbonyl (C=O) groups is 3. The highest BCUT2D eigenvalue weighted by Crippen LogP contribution is 2.43. The quantitative estimate of drug-likeness (QED) is 0.110. The normalized spacial score (nSPS) is 14.7. The van der Waals surface area contributed by atoms with Crippen LogP contribution in [0, 0.1) is 0 Å². The zero-order chi connectivity index (χ0) is 25.8. The summed E-state index contributed by atoms with van der Waals surface area (Å²) in [4.78, 5) is 43.4. The predicted octanol–water partition coefficient (Wildman–Crippen LogP) is 3.71. The molecule has 34 heavy (non-hydrogen) atoms. The van der Waals surface area contributed by atoms with Crippen molar-refractivity contribution >= 4 is 25.7 Å². The average molecular weight is 512 g/mol. The lowest BCUT2D eigenvalue weighted by Crippen LogP contribution is -2.34.